The highest BCUT2D eigenvalue weighted by Gasteiger charge is 2.32. The standard InChI is InChI=1S/C18H30N6O2/c1-21(7-5-9-24-16(25)11-19-18(24)26)12-14-6-4-8-22(2)17(14)15-10-20-23(3)13-15/h10,13-14,17H,4-9,11-12H2,1-3H3,(H,19,26)/t14-,17+/m0/s1. The van der Waals surface area contributed by atoms with Crippen molar-refractivity contribution in [1.82, 2.24) is 29.8 Å². The van der Waals surface area contributed by atoms with Crippen LogP contribution in [0.15, 0.2) is 12.4 Å². The molecule has 0 spiro atoms. The maximum Gasteiger partial charge on any atom is 0.324 e. The molecule has 0 unspecified atom stereocenters. The fraction of sp³-hybridized carbons (Fsp3) is 0.722. The van der Waals surface area contributed by atoms with E-state index < -0.39 is 0 Å². The van der Waals surface area contributed by atoms with Crippen LogP contribution >= 0.6 is 0 Å². The number of piperidine rings is 1. The van der Waals surface area contributed by atoms with E-state index in [1.54, 1.807) is 0 Å². The summed E-state index contributed by atoms with van der Waals surface area (Å²) >= 11 is 0. The quantitative estimate of drug-likeness (QED) is 0.722. The molecule has 2 aliphatic rings. The fourth-order valence-electron chi connectivity index (χ4n) is 4.24. The summed E-state index contributed by atoms with van der Waals surface area (Å²) in [6.45, 7) is 3.62. The molecule has 2 saturated heterocycles. The molecule has 2 fully saturated rings. The molecule has 1 N–H and O–H groups in total. The summed E-state index contributed by atoms with van der Waals surface area (Å²) in [5.41, 5.74) is 1.28. The highest BCUT2D eigenvalue weighted by atomic mass is 16.2. The Hall–Kier alpha value is -1.93. The minimum Gasteiger partial charge on any atom is -0.329 e. The zero-order valence-electron chi connectivity index (χ0n) is 16.0. The van der Waals surface area contributed by atoms with E-state index in [-0.39, 0.29) is 18.5 Å². The molecule has 1 aromatic heterocycles. The minimum atomic E-state index is -0.261. The van der Waals surface area contributed by atoms with Crippen LogP contribution in [0.2, 0.25) is 0 Å². The van der Waals surface area contributed by atoms with Crippen molar-refractivity contribution < 1.29 is 9.59 Å². The van der Waals surface area contributed by atoms with E-state index in [9.17, 15) is 9.59 Å². The van der Waals surface area contributed by atoms with Gasteiger partial charge in [0.1, 0.15) is 0 Å². The van der Waals surface area contributed by atoms with E-state index in [0.717, 1.165) is 26.1 Å². The van der Waals surface area contributed by atoms with Crippen molar-refractivity contribution in [2.24, 2.45) is 13.0 Å². The molecule has 0 bridgehead atoms. The number of hydrogen-bond acceptors (Lipinski definition) is 5. The van der Waals surface area contributed by atoms with E-state index in [4.69, 9.17) is 0 Å². The monoisotopic (exact) mass is 362 g/mol. The van der Waals surface area contributed by atoms with Crippen LogP contribution in [-0.2, 0) is 11.8 Å². The Labute approximate surface area is 155 Å². The molecule has 144 valence electrons. The summed E-state index contributed by atoms with van der Waals surface area (Å²) in [6.07, 6.45) is 7.33. The highest BCUT2D eigenvalue weighted by Crippen LogP contribution is 2.35. The van der Waals surface area contributed by atoms with Gasteiger partial charge < -0.3 is 10.2 Å². The number of rotatable bonds is 7. The summed E-state index contributed by atoms with van der Waals surface area (Å²) < 4.78 is 1.87. The van der Waals surface area contributed by atoms with Crippen LogP contribution in [0, 0.1) is 5.92 Å². The van der Waals surface area contributed by atoms with Gasteiger partial charge in [-0.3, -0.25) is 19.3 Å². The molecule has 1 aromatic rings. The zero-order valence-corrected chi connectivity index (χ0v) is 16.0. The third-order valence-corrected chi connectivity index (χ3v) is 5.48. The third-order valence-electron chi connectivity index (χ3n) is 5.48. The Bertz CT molecular complexity index is 629. The van der Waals surface area contributed by atoms with Crippen molar-refractivity contribution in [3.8, 4) is 0 Å². The number of aromatic nitrogens is 2. The molecule has 2 aliphatic heterocycles. The number of nitrogens with one attached hydrogen (secondary N) is 1. The van der Waals surface area contributed by atoms with Gasteiger partial charge in [0.15, 0.2) is 0 Å². The molecule has 2 atom stereocenters. The van der Waals surface area contributed by atoms with Gasteiger partial charge in [-0.05, 0) is 52.4 Å². The van der Waals surface area contributed by atoms with Crippen molar-refractivity contribution in [3.63, 3.8) is 0 Å². The largest absolute Gasteiger partial charge is 0.329 e. The van der Waals surface area contributed by atoms with E-state index in [2.05, 4.69) is 40.5 Å². The Kier molecular flexibility index (Phi) is 5.93. The van der Waals surface area contributed by atoms with Gasteiger partial charge in [-0.1, -0.05) is 0 Å². The number of carbonyl (C=O) groups excluding carboxylic acids is 2. The van der Waals surface area contributed by atoms with E-state index in [0.29, 0.717) is 18.5 Å². The van der Waals surface area contributed by atoms with Crippen LogP contribution in [0.4, 0.5) is 4.79 Å². The summed E-state index contributed by atoms with van der Waals surface area (Å²) in [5, 5.41) is 6.91. The predicted molar refractivity (Wildman–Crippen MR) is 98.5 cm³/mol. The third kappa shape index (κ3) is 4.24. The highest BCUT2D eigenvalue weighted by molar-refractivity contribution is 6.01. The molecule has 8 heteroatoms. The van der Waals surface area contributed by atoms with E-state index in [1.165, 1.54) is 23.3 Å². The number of aryl methyl sites for hydroxylation is 1. The van der Waals surface area contributed by atoms with Gasteiger partial charge in [0.25, 0.3) is 0 Å². The topological polar surface area (TPSA) is 73.7 Å². The number of hydrogen-bond donors (Lipinski definition) is 1. The summed E-state index contributed by atoms with van der Waals surface area (Å²) in [4.78, 5) is 29.3. The number of nitrogens with zero attached hydrogens (tertiary/aromatic N) is 5. The number of likely N-dealkylation sites (tertiary alicyclic amines) is 1. The van der Waals surface area contributed by atoms with Gasteiger partial charge in [0.05, 0.1) is 12.7 Å². The average molecular weight is 362 g/mol. The van der Waals surface area contributed by atoms with Gasteiger partial charge in [0.2, 0.25) is 5.91 Å². The van der Waals surface area contributed by atoms with Crippen molar-refractivity contribution in [3.05, 3.63) is 18.0 Å². The smallest absolute Gasteiger partial charge is 0.324 e. The van der Waals surface area contributed by atoms with Gasteiger partial charge >= 0.3 is 6.03 Å². The summed E-state index contributed by atoms with van der Waals surface area (Å²) in [5.74, 6) is 0.433. The average Bonchev–Trinajstić information content (AvgIpc) is 3.15. The first-order valence-electron chi connectivity index (χ1n) is 9.41. The molecule has 0 radical (unpaired) electrons. The lowest BCUT2D eigenvalue weighted by Crippen LogP contribution is -2.41. The normalized spacial score (nSPS) is 24.5. The van der Waals surface area contributed by atoms with Crippen molar-refractivity contribution >= 4 is 11.9 Å². The second-order valence-corrected chi connectivity index (χ2v) is 7.59. The van der Waals surface area contributed by atoms with Gasteiger partial charge in [-0.2, -0.15) is 5.10 Å². The maximum absolute atomic E-state index is 11.6. The number of amides is 3. The first kappa shape index (κ1) is 18.8. The van der Waals surface area contributed by atoms with E-state index >= 15 is 0 Å². The molecule has 3 heterocycles. The minimum absolute atomic E-state index is 0.122. The molecular weight excluding hydrogens is 332 g/mol. The lowest BCUT2D eigenvalue weighted by atomic mass is 9.85. The molecule has 0 aromatic carbocycles. The first-order chi connectivity index (χ1) is 12.5. The fourth-order valence-corrected chi connectivity index (χ4v) is 4.24. The maximum atomic E-state index is 11.6. The van der Waals surface area contributed by atoms with Crippen molar-refractivity contribution in [2.45, 2.75) is 25.3 Å². The zero-order chi connectivity index (χ0) is 18.7. The van der Waals surface area contributed by atoms with Crippen LogP contribution in [-0.4, -0.2) is 83.2 Å². The number of imide groups is 1. The molecule has 3 rings (SSSR count). The number of carbonyl (C=O) groups is 2. The molecule has 8 nitrogen and oxygen atoms in total. The Balaban J connectivity index is 1.52. The summed E-state index contributed by atoms with van der Waals surface area (Å²) in [7, 11) is 6.28. The van der Waals surface area contributed by atoms with Crippen molar-refractivity contribution in [2.75, 3.05) is 46.8 Å². The Morgan fingerprint density at radius 1 is 1.35 bits per heavy atom. The predicted octanol–water partition coefficient (Wildman–Crippen LogP) is 0.677. The molecule has 26 heavy (non-hydrogen) atoms. The lowest BCUT2D eigenvalue weighted by molar-refractivity contribution is -0.125. The Morgan fingerprint density at radius 3 is 2.81 bits per heavy atom. The van der Waals surface area contributed by atoms with Gasteiger partial charge in [-0.15, -0.1) is 0 Å². The summed E-state index contributed by atoms with van der Waals surface area (Å²) in [6, 6.07) is 0.133. The first-order valence-corrected chi connectivity index (χ1v) is 9.41. The van der Waals surface area contributed by atoms with Crippen LogP contribution in [0.3, 0.4) is 0 Å². The molecule has 0 saturated carbocycles. The number of urea groups is 1. The van der Waals surface area contributed by atoms with Crippen LogP contribution < -0.4 is 5.32 Å². The molecule has 0 aliphatic carbocycles. The van der Waals surface area contributed by atoms with Crippen LogP contribution in [0.25, 0.3) is 0 Å². The lowest BCUT2D eigenvalue weighted by Gasteiger charge is -2.40. The molecular formula is C18H30N6O2. The molecule has 3 amide bonds. The van der Waals surface area contributed by atoms with Gasteiger partial charge in [-0.25, -0.2) is 4.79 Å². The second-order valence-electron chi connectivity index (χ2n) is 7.59. The van der Waals surface area contributed by atoms with Crippen LogP contribution in [0.5, 0.6) is 0 Å². The van der Waals surface area contributed by atoms with E-state index in [1.807, 2.05) is 17.9 Å². The Morgan fingerprint density at radius 2 is 2.15 bits per heavy atom. The SMILES string of the molecule is CN(CCCN1C(=O)CNC1=O)C[C@@H]1CCCN(C)[C@H]1c1cnn(C)c1. The van der Waals surface area contributed by atoms with Gasteiger partial charge in [0, 0.05) is 37.9 Å². The second kappa shape index (κ2) is 8.18. The van der Waals surface area contributed by atoms with Crippen molar-refractivity contribution in [1.29, 1.82) is 0 Å². The van der Waals surface area contributed by atoms with Crippen LogP contribution in [0.1, 0.15) is 30.9 Å².